The summed E-state index contributed by atoms with van der Waals surface area (Å²) in [6, 6.07) is 8.45. The van der Waals surface area contributed by atoms with E-state index in [1.807, 2.05) is 0 Å². The number of rotatable bonds is 5. The minimum atomic E-state index is -2.01. The first-order chi connectivity index (χ1) is 16.7. The van der Waals surface area contributed by atoms with Gasteiger partial charge in [-0.25, -0.2) is 14.1 Å². The summed E-state index contributed by atoms with van der Waals surface area (Å²) in [6.07, 6.45) is 0. The van der Waals surface area contributed by atoms with Crippen molar-refractivity contribution in [2.75, 3.05) is 25.7 Å². The average Bonchev–Trinajstić information content (AvgIpc) is 3.33. The molecule has 2 aliphatic rings. The maximum Gasteiger partial charge on any atom is 0.331 e. The lowest BCUT2D eigenvalue weighted by molar-refractivity contribution is -0.157. The molecule has 0 radical (unpaired) electrons. The predicted molar refractivity (Wildman–Crippen MR) is 122 cm³/mol. The molecule has 2 aliphatic heterocycles. The van der Waals surface area contributed by atoms with Gasteiger partial charge in [-0.3, -0.25) is 19.4 Å². The number of carbonyl (C=O) groups is 4. The molecule has 0 saturated heterocycles. The molecule has 0 aromatic heterocycles. The summed E-state index contributed by atoms with van der Waals surface area (Å²) in [4.78, 5) is 58.3. The fourth-order valence-corrected chi connectivity index (χ4v) is 4.86. The Morgan fingerprint density at radius 2 is 1.77 bits per heavy atom. The quantitative estimate of drug-likeness (QED) is 0.601. The minimum absolute atomic E-state index is 0.0224. The van der Waals surface area contributed by atoms with Gasteiger partial charge >= 0.3 is 11.9 Å². The van der Waals surface area contributed by atoms with Gasteiger partial charge in [0.2, 0.25) is 5.91 Å². The summed E-state index contributed by atoms with van der Waals surface area (Å²) in [6.45, 7) is 2.71. The Balaban J connectivity index is 2.09. The average molecular weight is 482 g/mol. The number of amides is 2. The maximum absolute atomic E-state index is 14.6. The van der Waals surface area contributed by atoms with Crippen LogP contribution < -0.4 is 9.64 Å². The molecule has 1 spiro atoms. The van der Waals surface area contributed by atoms with Gasteiger partial charge in [-0.15, -0.1) is 0 Å². The van der Waals surface area contributed by atoms with Gasteiger partial charge in [0.25, 0.3) is 5.91 Å². The molecule has 2 aromatic rings. The van der Waals surface area contributed by atoms with Crippen molar-refractivity contribution in [2.45, 2.75) is 25.3 Å². The number of methoxy groups -OCH3 is 2. The van der Waals surface area contributed by atoms with Crippen LogP contribution in [-0.2, 0) is 34.1 Å². The monoisotopic (exact) mass is 482 g/mol. The van der Waals surface area contributed by atoms with E-state index in [1.54, 1.807) is 31.2 Å². The zero-order chi connectivity index (χ0) is 25.5. The Morgan fingerprint density at radius 1 is 1.09 bits per heavy atom. The second-order valence-corrected chi connectivity index (χ2v) is 8.03. The van der Waals surface area contributed by atoms with Gasteiger partial charge in [0.1, 0.15) is 22.9 Å². The Morgan fingerprint density at radius 3 is 2.34 bits per heavy atom. The lowest BCUT2D eigenvalue weighted by Crippen LogP contribution is -2.55. The molecule has 4 rings (SSSR count). The highest BCUT2D eigenvalue weighted by Crippen LogP contribution is 2.54. The molecular weight excluding hydrogens is 459 g/mol. The van der Waals surface area contributed by atoms with Crippen molar-refractivity contribution in [1.82, 2.24) is 0 Å². The van der Waals surface area contributed by atoms with E-state index < -0.39 is 46.9 Å². The number of hydrogen-bond donors (Lipinski definition) is 0. The molecule has 0 bridgehead atoms. The van der Waals surface area contributed by atoms with E-state index in [0.717, 1.165) is 24.1 Å². The first kappa shape index (κ1) is 24.1. The van der Waals surface area contributed by atoms with Gasteiger partial charge in [0.05, 0.1) is 32.2 Å². The van der Waals surface area contributed by atoms with Crippen molar-refractivity contribution in [3.63, 3.8) is 0 Å². The molecule has 0 fully saturated rings. The SMILES string of the molecule is CCOC(=O)[C@@H]1[C@@H](C(=O)OC)N=C(c2ccc(OC)cc2)[C@@]12C(=O)N(C(C)=O)c1ccc(F)cc12. The number of imide groups is 1. The van der Waals surface area contributed by atoms with Crippen LogP contribution in [-0.4, -0.2) is 56.3 Å². The van der Waals surface area contributed by atoms with Crippen molar-refractivity contribution < 1.29 is 37.8 Å². The molecule has 9 nitrogen and oxygen atoms in total. The van der Waals surface area contributed by atoms with Gasteiger partial charge < -0.3 is 14.2 Å². The van der Waals surface area contributed by atoms with Crippen LogP contribution in [0.2, 0.25) is 0 Å². The second kappa shape index (κ2) is 8.94. The summed E-state index contributed by atoms with van der Waals surface area (Å²) in [5.74, 6) is -4.96. The lowest BCUT2D eigenvalue weighted by Gasteiger charge is -2.32. The number of fused-ring (bicyclic) bond motifs is 2. The molecule has 3 atom stereocenters. The van der Waals surface area contributed by atoms with Gasteiger partial charge in [-0.05, 0) is 55.0 Å². The highest BCUT2D eigenvalue weighted by atomic mass is 19.1. The van der Waals surface area contributed by atoms with E-state index in [-0.39, 0.29) is 23.6 Å². The fraction of sp³-hybridized carbons (Fsp3) is 0.320. The Bertz CT molecular complexity index is 1260. The van der Waals surface area contributed by atoms with Crippen molar-refractivity contribution in [2.24, 2.45) is 10.9 Å². The minimum Gasteiger partial charge on any atom is -0.497 e. The van der Waals surface area contributed by atoms with Crippen LogP contribution in [0.3, 0.4) is 0 Å². The number of halogens is 1. The normalized spacial score (nSPS) is 22.6. The van der Waals surface area contributed by atoms with Crippen molar-refractivity contribution in [3.8, 4) is 5.75 Å². The first-order valence-corrected chi connectivity index (χ1v) is 10.8. The van der Waals surface area contributed by atoms with E-state index in [9.17, 15) is 23.6 Å². The standard InChI is InChI=1S/C25H23FN2O7/c1-5-35-22(30)19-20(23(31)34-4)27-21(14-6-9-16(33-3)10-7-14)25(19)17-12-15(26)8-11-18(17)28(13(2)29)24(25)32/h6-12,19-20H,5H2,1-4H3/t19-,20-,25-/m0/s1. The Kier molecular flexibility index (Phi) is 6.14. The zero-order valence-electron chi connectivity index (χ0n) is 19.5. The topological polar surface area (TPSA) is 112 Å². The predicted octanol–water partition coefficient (Wildman–Crippen LogP) is 2.19. The van der Waals surface area contributed by atoms with Gasteiger partial charge in [-0.2, -0.15) is 0 Å². The molecule has 0 unspecified atom stereocenters. The third-order valence-corrected chi connectivity index (χ3v) is 6.25. The largest absolute Gasteiger partial charge is 0.497 e. The molecular formula is C25H23FN2O7. The lowest BCUT2D eigenvalue weighted by atomic mass is 9.66. The number of ether oxygens (including phenoxy) is 3. The van der Waals surface area contributed by atoms with E-state index in [1.165, 1.54) is 20.1 Å². The molecule has 0 N–H and O–H groups in total. The number of esters is 2. The van der Waals surface area contributed by atoms with Gasteiger partial charge in [-0.1, -0.05) is 0 Å². The summed E-state index contributed by atoms with van der Waals surface area (Å²) >= 11 is 0. The molecule has 35 heavy (non-hydrogen) atoms. The second-order valence-electron chi connectivity index (χ2n) is 8.03. The molecule has 2 aromatic carbocycles. The maximum atomic E-state index is 14.6. The smallest absolute Gasteiger partial charge is 0.331 e. The number of nitrogens with zero attached hydrogens (tertiary/aromatic N) is 2. The van der Waals surface area contributed by atoms with Crippen molar-refractivity contribution in [3.05, 3.63) is 59.4 Å². The molecule has 182 valence electrons. The van der Waals surface area contributed by atoms with Crippen LogP contribution in [0, 0.1) is 11.7 Å². The van der Waals surface area contributed by atoms with Crippen LogP contribution >= 0.6 is 0 Å². The van der Waals surface area contributed by atoms with Crippen LogP contribution in [0.1, 0.15) is 25.0 Å². The molecule has 0 saturated carbocycles. The highest BCUT2D eigenvalue weighted by Gasteiger charge is 2.69. The van der Waals surface area contributed by atoms with Gasteiger partial charge in [0.15, 0.2) is 6.04 Å². The molecule has 0 aliphatic carbocycles. The summed E-state index contributed by atoms with van der Waals surface area (Å²) in [7, 11) is 2.61. The third kappa shape index (κ3) is 3.48. The molecule has 2 amide bonds. The Labute approximate surface area is 200 Å². The van der Waals surface area contributed by atoms with E-state index in [0.29, 0.717) is 11.3 Å². The number of benzene rings is 2. The van der Waals surface area contributed by atoms with E-state index >= 15 is 0 Å². The zero-order valence-corrected chi connectivity index (χ0v) is 19.5. The molecule has 2 heterocycles. The van der Waals surface area contributed by atoms with Crippen molar-refractivity contribution in [1.29, 1.82) is 0 Å². The van der Waals surface area contributed by atoms with Gasteiger partial charge in [0, 0.05) is 12.5 Å². The van der Waals surface area contributed by atoms with Crippen LogP contribution in [0.15, 0.2) is 47.5 Å². The number of carbonyl (C=O) groups excluding carboxylic acids is 4. The van der Waals surface area contributed by atoms with Crippen LogP contribution in [0.25, 0.3) is 0 Å². The summed E-state index contributed by atoms with van der Waals surface area (Å²) < 4.78 is 30.0. The van der Waals surface area contributed by atoms with E-state index in [2.05, 4.69) is 4.99 Å². The first-order valence-electron chi connectivity index (χ1n) is 10.8. The third-order valence-electron chi connectivity index (χ3n) is 6.25. The Hall–Kier alpha value is -4.08. The van der Waals surface area contributed by atoms with Crippen molar-refractivity contribution >= 4 is 35.2 Å². The summed E-state index contributed by atoms with van der Waals surface area (Å²) in [5.41, 5.74) is -1.47. The van der Waals surface area contributed by atoms with E-state index in [4.69, 9.17) is 14.2 Å². The fourth-order valence-electron chi connectivity index (χ4n) is 4.86. The number of anilines is 1. The number of hydrogen-bond acceptors (Lipinski definition) is 8. The number of aliphatic imine (C=N–C) groups is 1. The molecule has 10 heteroatoms. The van der Waals surface area contributed by atoms with Crippen LogP contribution in [0.5, 0.6) is 5.75 Å². The highest BCUT2D eigenvalue weighted by molar-refractivity contribution is 6.36. The van der Waals surface area contributed by atoms with Crippen LogP contribution in [0.4, 0.5) is 10.1 Å². The summed E-state index contributed by atoms with van der Waals surface area (Å²) in [5, 5.41) is 0.